The molecular weight excluding hydrogens is 324 g/mol. The van der Waals surface area contributed by atoms with Crippen molar-refractivity contribution >= 4 is 5.69 Å². The van der Waals surface area contributed by atoms with Gasteiger partial charge in [-0.15, -0.1) is 0 Å². The SMILES string of the molecule is O[C@H](COCC[C@@H]1C[C@@H]2CC[C@@H]1C2)CN1CCN(c2ccccc2)CC1. The first-order valence-electron chi connectivity index (χ1n) is 10.6. The summed E-state index contributed by atoms with van der Waals surface area (Å²) in [4.78, 5) is 4.79. The van der Waals surface area contributed by atoms with Gasteiger partial charge in [0.2, 0.25) is 0 Å². The lowest BCUT2D eigenvalue weighted by Gasteiger charge is -2.36. The number of para-hydroxylation sites is 1. The van der Waals surface area contributed by atoms with Gasteiger partial charge in [0.25, 0.3) is 0 Å². The molecule has 4 rings (SSSR count). The maximum atomic E-state index is 10.3. The smallest absolute Gasteiger partial charge is 0.0900 e. The Morgan fingerprint density at radius 3 is 2.54 bits per heavy atom. The van der Waals surface area contributed by atoms with Gasteiger partial charge in [0, 0.05) is 45.0 Å². The van der Waals surface area contributed by atoms with Crippen molar-refractivity contribution in [2.24, 2.45) is 17.8 Å². The molecule has 4 heteroatoms. The van der Waals surface area contributed by atoms with Gasteiger partial charge in [0.05, 0.1) is 12.7 Å². The van der Waals surface area contributed by atoms with Gasteiger partial charge in [-0.25, -0.2) is 0 Å². The Labute approximate surface area is 158 Å². The lowest BCUT2D eigenvalue weighted by atomic mass is 9.87. The number of aliphatic hydroxyl groups is 1. The molecule has 0 amide bonds. The summed E-state index contributed by atoms with van der Waals surface area (Å²) in [5, 5.41) is 10.3. The van der Waals surface area contributed by atoms with Crippen LogP contribution in [0.15, 0.2) is 30.3 Å². The Hall–Kier alpha value is -1.10. The van der Waals surface area contributed by atoms with Crippen molar-refractivity contribution in [1.29, 1.82) is 0 Å². The van der Waals surface area contributed by atoms with E-state index in [2.05, 4.69) is 40.1 Å². The molecule has 1 aromatic rings. The molecule has 0 spiro atoms. The molecule has 4 nitrogen and oxygen atoms in total. The van der Waals surface area contributed by atoms with E-state index in [1.165, 1.54) is 37.8 Å². The lowest BCUT2D eigenvalue weighted by Crippen LogP contribution is -2.49. The third-order valence-corrected chi connectivity index (χ3v) is 6.79. The number of hydrogen-bond acceptors (Lipinski definition) is 4. The summed E-state index contributed by atoms with van der Waals surface area (Å²) >= 11 is 0. The first kappa shape index (κ1) is 18.3. The van der Waals surface area contributed by atoms with E-state index < -0.39 is 0 Å². The van der Waals surface area contributed by atoms with Crippen LogP contribution < -0.4 is 4.90 Å². The largest absolute Gasteiger partial charge is 0.389 e. The van der Waals surface area contributed by atoms with Gasteiger partial charge in [0.1, 0.15) is 0 Å². The first-order chi connectivity index (χ1) is 12.8. The minimum Gasteiger partial charge on any atom is -0.389 e. The first-order valence-corrected chi connectivity index (χ1v) is 10.6. The average molecular weight is 359 g/mol. The Morgan fingerprint density at radius 1 is 1.04 bits per heavy atom. The molecule has 26 heavy (non-hydrogen) atoms. The van der Waals surface area contributed by atoms with E-state index in [0.717, 1.165) is 57.1 Å². The molecule has 144 valence electrons. The van der Waals surface area contributed by atoms with E-state index >= 15 is 0 Å². The van der Waals surface area contributed by atoms with Crippen LogP contribution in [-0.2, 0) is 4.74 Å². The molecule has 1 saturated heterocycles. The van der Waals surface area contributed by atoms with Gasteiger partial charge in [-0.1, -0.05) is 24.6 Å². The number of fused-ring (bicyclic) bond motifs is 2. The Kier molecular flexibility index (Phi) is 6.13. The van der Waals surface area contributed by atoms with Crippen molar-refractivity contribution in [2.75, 3.05) is 50.8 Å². The van der Waals surface area contributed by atoms with Gasteiger partial charge in [0.15, 0.2) is 0 Å². The predicted octanol–water partition coefficient (Wildman–Crippen LogP) is 3.01. The fourth-order valence-corrected chi connectivity index (χ4v) is 5.36. The number of nitrogens with zero attached hydrogens (tertiary/aromatic N) is 2. The van der Waals surface area contributed by atoms with Crippen molar-refractivity contribution in [3.63, 3.8) is 0 Å². The van der Waals surface area contributed by atoms with Crippen LogP contribution in [0.25, 0.3) is 0 Å². The fourth-order valence-electron chi connectivity index (χ4n) is 5.36. The van der Waals surface area contributed by atoms with E-state index in [0.29, 0.717) is 6.61 Å². The van der Waals surface area contributed by atoms with E-state index in [4.69, 9.17) is 4.74 Å². The number of ether oxygens (including phenoxy) is 1. The Balaban J connectivity index is 1.09. The summed E-state index contributed by atoms with van der Waals surface area (Å²) in [6.45, 7) is 6.13. The zero-order valence-electron chi connectivity index (χ0n) is 15.9. The zero-order valence-corrected chi connectivity index (χ0v) is 15.9. The summed E-state index contributed by atoms with van der Waals surface area (Å²) in [6.07, 6.45) is 6.66. The van der Waals surface area contributed by atoms with Gasteiger partial charge in [-0.3, -0.25) is 4.90 Å². The normalized spacial score (nSPS) is 30.0. The number of rotatable bonds is 8. The molecule has 0 radical (unpaired) electrons. The topological polar surface area (TPSA) is 35.9 Å². The zero-order chi connectivity index (χ0) is 17.8. The monoisotopic (exact) mass is 358 g/mol. The quantitative estimate of drug-likeness (QED) is 0.725. The maximum absolute atomic E-state index is 10.3. The highest BCUT2D eigenvalue weighted by Crippen LogP contribution is 2.49. The highest BCUT2D eigenvalue weighted by Gasteiger charge is 2.38. The van der Waals surface area contributed by atoms with Crippen molar-refractivity contribution in [3.05, 3.63) is 30.3 Å². The van der Waals surface area contributed by atoms with Crippen molar-refractivity contribution in [1.82, 2.24) is 4.90 Å². The molecule has 0 unspecified atom stereocenters. The highest BCUT2D eigenvalue weighted by molar-refractivity contribution is 5.46. The van der Waals surface area contributed by atoms with Gasteiger partial charge >= 0.3 is 0 Å². The molecule has 1 heterocycles. The third kappa shape index (κ3) is 4.59. The van der Waals surface area contributed by atoms with Crippen LogP contribution in [0.2, 0.25) is 0 Å². The molecule has 3 fully saturated rings. The average Bonchev–Trinajstić information content (AvgIpc) is 3.30. The summed E-state index contributed by atoms with van der Waals surface area (Å²) in [6, 6.07) is 10.6. The molecule has 1 aromatic carbocycles. The molecule has 3 aliphatic rings. The van der Waals surface area contributed by atoms with Crippen molar-refractivity contribution < 1.29 is 9.84 Å². The van der Waals surface area contributed by atoms with E-state index in [1.807, 2.05) is 0 Å². The van der Waals surface area contributed by atoms with Gasteiger partial charge in [-0.2, -0.15) is 0 Å². The van der Waals surface area contributed by atoms with Gasteiger partial charge < -0.3 is 14.7 Å². The Bertz CT molecular complexity index is 544. The van der Waals surface area contributed by atoms with Crippen LogP contribution in [0.4, 0.5) is 5.69 Å². The number of benzene rings is 1. The highest BCUT2D eigenvalue weighted by atomic mass is 16.5. The van der Waals surface area contributed by atoms with Crippen molar-refractivity contribution in [3.8, 4) is 0 Å². The molecule has 4 atom stereocenters. The van der Waals surface area contributed by atoms with Crippen LogP contribution in [0, 0.1) is 17.8 Å². The standard InChI is InChI=1S/C22H34N2O2/c25-22(17-26-13-8-20-15-18-6-7-19(20)14-18)16-23-9-11-24(12-10-23)21-4-2-1-3-5-21/h1-5,18-20,22,25H,6-17H2/t18-,19-,20-,22+/m1/s1. The Morgan fingerprint density at radius 2 is 1.85 bits per heavy atom. The summed E-state index contributed by atoms with van der Waals surface area (Å²) in [5.74, 6) is 2.90. The van der Waals surface area contributed by atoms with E-state index in [-0.39, 0.29) is 6.10 Å². The van der Waals surface area contributed by atoms with Crippen LogP contribution in [0.1, 0.15) is 32.1 Å². The van der Waals surface area contributed by atoms with Crippen molar-refractivity contribution in [2.45, 2.75) is 38.2 Å². The molecule has 1 N–H and O–H groups in total. The van der Waals surface area contributed by atoms with E-state index in [9.17, 15) is 5.11 Å². The van der Waals surface area contributed by atoms with Crippen LogP contribution in [0.3, 0.4) is 0 Å². The minimum atomic E-state index is -0.363. The molecular formula is C22H34N2O2. The molecule has 0 aromatic heterocycles. The second kappa shape index (κ2) is 8.73. The maximum Gasteiger partial charge on any atom is 0.0900 e. The second-order valence-corrected chi connectivity index (χ2v) is 8.58. The molecule has 2 saturated carbocycles. The summed E-state index contributed by atoms with van der Waals surface area (Å²) < 4.78 is 5.81. The lowest BCUT2D eigenvalue weighted by molar-refractivity contribution is 0.0100. The van der Waals surface area contributed by atoms with E-state index in [1.54, 1.807) is 0 Å². The van der Waals surface area contributed by atoms with Gasteiger partial charge in [-0.05, 0) is 55.6 Å². The number of β-amino-alcohol motifs (C(OH)–C–C–N with tert-alkyl or cyclic N) is 1. The third-order valence-electron chi connectivity index (χ3n) is 6.79. The number of aliphatic hydroxyl groups excluding tert-OH is 1. The second-order valence-electron chi connectivity index (χ2n) is 8.58. The number of anilines is 1. The fraction of sp³-hybridized carbons (Fsp3) is 0.727. The minimum absolute atomic E-state index is 0.363. The van der Waals surface area contributed by atoms with Crippen LogP contribution >= 0.6 is 0 Å². The van der Waals surface area contributed by atoms with Crippen LogP contribution in [-0.4, -0.2) is 62.0 Å². The predicted molar refractivity (Wildman–Crippen MR) is 105 cm³/mol. The van der Waals surface area contributed by atoms with Crippen LogP contribution in [0.5, 0.6) is 0 Å². The number of piperazine rings is 1. The molecule has 2 bridgehead atoms. The summed E-state index contributed by atoms with van der Waals surface area (Å²) in [5.41, 5.74) is 1.30. The molecule has 2 aliphatic carbocycles. The summed E-state index contributed by atoms with van der Waals surface area (Å²) in [7, 11) is 0. The number of hydrogen-bond donors (Lipinski definition) is 1. The molecule has 1 aliphatic heterocycles.